The van der Waals surface area contributed by atoms with Crippen LogP contribution in [0.2, 0.25) is 0 Å². The van der Waals surface area contributed by atoms with E-state index >= 15 is 0 Å². The van der Waals surface area contributed by atoms with Crippen LogP contribution in [-0.2, 0) is 19.8 Å². The van der Waals surface area contributed by atoms with Gasteiger partial charge in [-0.25, -0.2) is 4.98 Å². The SMILES string of the molecule is COC(OC)c1csc(C2(OC)CCC2)n1. The lowest BCUT2D eigenvalue weighted by Crippen LogP contribution is -2.36. The molecule has 0 N–H and O–H groups in total. The Labute approximate surface area is 99.5 Å². The third-order valence-corrected chi connectivity index (χ3v) is 4.18. The Morgan fingerprint density at radius 2 is 2.00 bits per heavy atom. The van der Waals surface area contributed by atoms with Gasteiger partial charge in [0.15, 0.2) is 0 Å². The van der Waals surface area contributed by atoms with Crippen molar-refractivity contribution >= 4 is 11.3 Å². The Hall–Kier alpha value is -0.490. The van der Waals surface area contributed by atoms with Crippen LogP contribution >= 0.6 is 11.3 Å². The lowest BCUT2D eigenvalue weighted by molar-refractivity contribution is -0.109. The highest BCUT2D eigenvalue weighted by atomic mass is 32.1. The summed E-state index contributed by atoms with van der Waals surface area (Å²) in [5.74, 6) is 0. The maximum absolute atomic E-state index is 5.59. The van der Waals surface area contributed by atoms with Crippen molar-refractivity contribution in [1.82, 2.24) is 4.98 Å². The first-order valence-corrected chi connectivity index (χ1v) is 6.20. The van der Waals surface area contributed by atoms with Gasteiger partial charge in [0.1, 0.15) is 16.3 Å². The van der Waals surface area contributed by atoms with Gasteiger partial charge in [0.2, 0.25) is 6.29 Å². The molecule has 0 radical (unpaired) electrons. The van der Waals surface area contributed by atoms with Gasteiger partial charge in [-0.3, -0.25) is 0 Å². The minimum absolute atomic E-state index is 0.144. The molecule has 1 fully saturated rings. The van der Waals surface area contributed by atoms with Crippen molar-refractivity contribution in [3.05, 3.63) is 16.1 Å². The van der Waals surface area contributed by atoms with E-state index < -0.39 is 0 Å². The molecule has 0 spiro atoms. The summed E-state index contributed by atoms with van der Waals surface area (Å²) in [6.07, 6.45) is 2.95. The minimum atomic E-state index is -0.376. The van der Waals surface area contributed by atoms with E-state index in [2.05, 4.69) is 4.98 Å². The zero-order valence-corrected chi connectivity index (χ0v) is 10.7. The van der Waals surface area contributed by atoms with E-state index in [0.717, 1.165) is 23.5 Å². The molecule has 0 aromatic carbocycles. The van der Waals surface area contributed by atoms with Crippen LogP contribution in [0, 0.1) is 0 Å². The topological polar surface area (TPSA) is 40.6 Å². The Morgan fingerprint density at radius 1 is 1.31 bits per heavy atom. The van der Waals surface area contributed by atoms with Crippen molar-refractivity contribution < 1.29 is 14.2 Å². The molecule has 1 saturated carbocycles. The molecule has 5 heteroatoms. The number of hydrogen-bond acceptors (Lipinski definition) is 5. The zero-order valence-electron chi connectivity index (χ0n) is 9.86. The minimum Gasteiger partial charge on any atom is -0.371 e. The molecule has 0 amide bonds. The number of ether oxygens (including phenoxy) is 3. The molecular weight excluding hydrogens is 226 g/mol. The third-order valence-electron chi connectivity index (χ3n) is 3.13. The molecule has 0 bridgehead atoms. The van der Waals surface area contributed by atoms with Crippen LogP contribution in [0.3, 0.4) is 0 Å². The zero-order chi connectivity index (χ0) is 11.6. The second kappa shape index (κ2) is 4.79. The summed E-state index contributed by atoms with van der Waals surface area (Å²) in [6.45, 7) is 0. The summed E-state index contributed by atoms with van der Waals surface area (Å²) in [4.78, 5) is 4.56. The van der Waals surface area contributed by atoms with Crippen LogP contribution in [0.1, 0.15) is 36.3 Å². The second-order valence-electron chi connectivity index (χ2n) is 3.93. The van der Waals surface area contributed by atoms with Gasteiger partial charge >= 0.3 is 0 Å². The van der Waals surface area contributed by atoms with Gasteiger partial charge in [-0.2, -0.15) is 0 Å². The van der Waals surface area contributed by atoms with E-state index in [0.29, 0.717) is 0 Å². The average molecular weight is 243 g/mol. The monoisotopic (exact) mass is 243 g/mol. The molecule has 0 unspecified atom stereocenters. The van der Waals surface area contributed by atoms with Crippen LogP contribution in [-0.4, -0.2) is 26.3 Å². The summed E-state index contributed by atoms with van der Waals surface area (Å²) in [6, 6.07) is 0. The first kappa shape index (κ1) is 12.0. The highest BCUT2D eigenvalue weighted by molar-refractivity contribution is 7.09. The molecule has 4 nitrogen and oxygen atoms in total. The standard InChI is InChI=1S/C11H17NO3S/c1-13-9(14-2)8-7-16-10(12-8)11(15-3)5-4-6-11/h7,9H,4-6H2,1-3H3. The Balaban J connectivity index is 2.18. The molecular formula is C11H17NO3S. The van der Waals surface area contributed by atoms with Gasteiger partial charge < -0.3 is 14.2 Å². The summed E-state index contributed by atoms with van der Waals surface area (Å²) < 4.78 is 15.9. The number of hydrogen-bond donors (Lipinski definition) is 0. The fourth-order valence-corrected chi connectivity index (χ4v) is 3.00. The summed E-state index contributed by atoms with van der Waals surface area (Å²) in [5.41, 5.74) is 0.683. The normalized spacial score (nSPS) is 18.8. The number of methoxy groups -OCH3 is 3. The summed E-state index contributed by atoms with van der Waals surface area (Å²) in [7, 11) is 4.98. The van der Waals surface area contributed by atoms with Gasteiger partial charge in [0.05, 0.1) is 0 Å². The molecule has 0 aliphatic heterocycles. The maximum atomic E-state index is 5.59. The van der Waals surface area contributed by atoms with Gasteiger partial charge in [0.25, 0.3) is 0 Å². The Morgan fingerprint density at radius 3 is 2.44 bits per heavy atom. The van der Waals surface area contributed by atoms with E-state index in [-0.39, 0.29) is 11.9 Å². The predicted molar refractivity (Wildman–Crippen MR) is 61.4 cm³/mol. The average Bonchev–Trinajstić information content (AvgIpc) is 2.69. The van der Waals surface area contributed by atoms with Crippen molar-refractivity contribution in [2.45, 2.75) is 31.2 Å². The van der Waals surface area contributed by atoms with E-state index in [9.17, 15) is 0 Å². The van der Waals surface area contributed by atoms with Crippen molar-refractivity contribution in [1.29, 1.82) is 0 Å². The predicted octanol–water partition coefficient (Wildman–Crippen LogP) is 2.46. The van der Waals surface area contributed by atoms with Crippen LogP contribution < -0.4 is 0 Å². The second-order valence-corrected chi connectivity index (χ2v) is 4.79. The Kier molecular flexibility index (Phi) is 3.59. The molecule has 16 heavy (non-hydrogen) atoms. The molecule has 2 rings (SSSR count). The van der Waals surface area contributed by atoms with Crippen LogP contribution in [0.4, 0.5) is 0 Å². The molecule has 1 aliphatic carbocycles. The van der Waals surface area contributed by atoms with Crippen molar-refractivity contribution in [3.63, 3.8) is 0 Å². The molecule has 90 valence electrons. The van der Waals surface area contributed by atoms with Crippen molar-refractivity contribution in [2.75, 3.05) is 21.3 Å². The molecule has 0 saturated heterocycles. The number of thiazole rings is 1. The Bertz CT molecular complexity index is 339. The molecule has 1 aliphatic rings. The van der Waals surface area contributed by atoms with Gasteiger partial charge in [0, 0.05) is 26.7 Å². The van der Waals surface area contributed by atoms with Crippen LogP contribution in [0.5, 0.6) is 0 Å². The number of rotatable bonds is 5. The lowest BCUT2D eigenvalue weighted by Gasteiger charge is -2.38. The molecule has 1 heterocycles. The summed E-state index contributed by atoms with van der Waals surface area (Å²) >= 11 is 1.62. The summed E-state index contributed by atoms with van der Waals surface area (Å²) in [5, 5.41) is 3.02. The first-order valence-electron chi connectivity index (χ1n) is 5.32. The van der Waals surface area contributed by atoms with Crippen molar-refractivity contribution in [2.24, 2.45) is 0 Å². The van der Waals surface area contributed by atoms with E-state index in [1.165, 1.54) is 6.42 Å². The van der Waals surface area contributed by atoms with Crippen LogP contribution in [0.15, 0.2) is 5.38 Å². The maximum Gasteiger partial charge on any atom is 0.201 e. The highest BCUT2D eigenvalue weighted by Crippen LogP contribution is 2.45. The lowest BCUT2D eigenvalue weighted by atomic mass is 9.80. The smallest absolute Gasteiger partial charge is 0.201 e. The molecule has 1 aromatic rings. The fraction of sp³-hybridized carbons (Fsp3) is 0.727. The van der Waals surface area contributed by atoms with Crippen molar-refractivity contribution in [3.8, 4) is 0 Å². The van der Waals surface area contributed by atoms with Gasteiger partial charge in [-0.05, 0) is 19.3 Å². The first-order chi connectivity index (χ1) is 7.75. The van der Waals surface area contributed by atoms with Gasteiger partial charge in [-0.15, -0.1) is 11.3 Å². The number of aromatic nitrogens is 1. The largest absolute Gasteiger partial charge is 0.371 e. The molecule has 0 atom stereocenters. The number of nitrogens with zero attached hydrogens (tertiary/aromatic N) is 1. The van der Waals surface area contributed by atoms with E-state index in [1.807, 2.05) is 5.38 Å². The van der Waals surface area contributed by atoms with Gasteiger partial charge in [-0.1, -0.05) is 0 Å². The fourth-order valence-electron chi connectivity index (χ4n) is 1.94. The molecule has 1 aromatic heterocycles. The highest BCUT2D eigenvalue weighted by Gasteiger charge is 2.41. The van der Waals surface area contributed by atoms with E-state index in [4.69, 9.17) is 14.2 Å². The van der Waals surface area contributed by atoms with Crippen LogP contribution in [0.25, 0.3) is 0 Å². The third kappa shape index (κ3) is 1.88. The quantitative estimate of drug-likeness (QED) is 0.745. The van der Waals surface area contributed by atoms with E-state index in [1.54, 1.807) is 32.7 Å².